The average Bonchev–Trinajstić information content (AvgIpc) is 2.64. The molecule has 1 aromatic carbocycles. The Hall–Kier alpha value is -2.43. The summed E-state index contributed by atoms with van der Waals surface area (Å²) in [5.74, 6) is 0.479. The zero-order valence-corrected chi connectivity index (χ0v) is 15.2. The molecule has 0 aliphatic carbocycles. The second-order valence-electron chi connectivity index (χ2n) is 6.71. The molecule has 0 bridgehead atoms. The summed E-state index contributed by atoms with van der Waals surface area (Å²) in [4.78, 5) is 23.9. The minimum absolute atomic E-state index is 0.189. The minimum Gasteiger partial charge on any atom is -0.338 e. The van der Waals surface area contributed by atoms with Gasteiger partial charge in [0.2, 0.25) is 5.95 Å². The van der Waals surface area contributed by atoms with Crippen LogP contribution in [-0.2, 0) is 0 Å². The van der Waals surface area contributed by atoms with Crippen molar-refractivity contribution in [3.05, 3.63) is 47.3 Å². The number of carbonyl (C=O) groups excluding carboxylic acids is 1. The Labute approximate surface area is 149 Å². The lowest BCUT2D eigenvalue weighted by atomic mass is 10.0. The predicted molar refractivity (Wildman–Crippen MR) is 101 cm³/mol. The van der Waals surface area contributed by atoms with Gasteiger partial charge in [-0.3, -0.25) is 4.79 Å². The van der Waals surface area contributed by atoms with Crippen LogP contribution >= 0.6 is 0 Å². The Balaban J connectivity index is 1.82. The van der Waals surface area contributed by atoms with Crippen LogP contribution in [0.2, 0.25) is 0 Å². The lowest BCUT2D eigenvalue weighted by Gasteiger charge is -2.35. The highest BCUT2D eigenvalue weighted by molar-refractivity contribution is 6.03. The molecule has 3 rings (SSSR count). The summed E-state index contributed by atoms with van der Waals surface area (Å²) in [5, 5.41) is 3.00. The highest BCUT2D eigenvalue weighted by atomic mass is 16.1. The van der Waals surface area contributed by atoms with Crippen LogP contribution < -0.4 is 10.2 Å². The third-order valence-corrected chi connectivity index (χ3v) is 4.95. The van der Waals surface area contributed by atoms with Gasteiger partial charge in [0, 0.05) is 24.5 Å². The molecular formula is C20H26N4O. The van der Waals surface area contributed by atoms with E-state index in [4.69, 9.17) is 0 Å². The van der Waals surface area contributed by atoms with Crippen molar-refractivity contribution in [2.24, 2.45) is 0 Å². The number of hydrogen-bond donors (Lipinski definition) is 1. The highest BCUT2D eigenvalue weighted by Crippen LogP contribution is 2.24. The van der Waals surface area contributed by atoms with E-state index in [9.17, 15) is 4.79 Å². The van der Waals surface area contributed by atoms with Crippen LogP contribution in [0.25, 0.3) is 0 Å². The van der Waals surface area contributed by atoms with Gasteiger partial charge in [0.1, 0.15) is 5.69 Å². The summed E-state index contributed by atoms with van der Waals surface area (Å²) in [6, 6.07) is 8.12. The van der Waals surface area contributed by atoms with Crippen LogP contribution in [0.1, 0.15) is 54.2 Å². The lowest BCUT2D eigenvalue weighted by Crippen LogP contribution is -2.40. The summed E-state index contributed by atoms with van der Waals surface area (Å²) in [6.07, 6.45) is 6.32. The Morgan fingerprint density at radius 3 is 2.72 bits per heavy atom. The average molecular weight is 338 g/mol. The van der Waals surface area contributed by atoms with Gasteiger partial charge in [0.25, 0.3) is 5.91 Å². The van der Waals surface area contributed by atoms with Crippen molar-refractivity contribution in [3.8, 4) is 0 Å². The second kappa shape index (κ2) is 7.64. The van der Waals surface area contributed by atoms with Crippen molar-refractivity contribution in [2.45, 2.75) is 52.5 Å². The van der Waals surface area contributed by atoms with Gasteiger partial charge >= 0.3 is 0 Å². The van der Waals surface area contributed by atoms with Crippen molar-refractivity contribution >= 4 is 17.5 Å². The molecule has 0 radical (unpaired) electrons. The van der Waals surface area contributed by atoms with Gasteiger partial charge in [-0.2, -0.15) is 0 Å². The van der Waals surface area contributed by atoms with E-state index in [1.54, 1.807) is 12.3 Å². The van der Waals surface area contributed by atoms with Gasteiger partial charge in [0.05, 0.1) is 0 Å². The van der Waals surface area contributed by atoms with Crippen LogP contribution in [0, 0.1) is 13.8 Å². The minimum atomic E-state index is -0.189. The molecule has 25 heavy (non-hydrogen) atoms. The molecule has 1 atom stereocenters. The smallest absolute Gasteiger partial charge is 0.274 e. The number of carbonyl (C=O) groups is 1. The first-order valence-corrected chi connectivity index (χ1v) is 9.07. The molecule has 5 heteroatoms. The summed E-state index contributed by atoms with van der Waals surface area (Å²) in [7, 11) is 0. The molecule has 1 aliphatic rings. The number of rotatable bonds is 4. The lowest BCUT2D eigenvalue weighted by molar-refractivity contribution is 0.102. The number of para-hydroxylation sites is 1. The third-order valence-electron chi connectivity index (χ3n) is 4.95. The van der Waals surface area contributed by atoms with Gasteiger partial charge in [-0.05, 0) is 56.7 Å². The van der Waals surface area contributed by atoms with Gasteiger partial charge in [-0.15, -0.1) is 0 Å². The maximum absolute atomic E-state index is 12.7. The van der Waals surface area contributed by atoms with Crippen LogP contribution in [0.15, 0.2) is 30.5 Å². The standard InChI is InChI=1S/C20H26N4O/c1-4-16-10-5-6-13-24(16)20-21-12-11-17(22-20)19(25)23-18-14(2)8-7-9-15(18)3/h7-9,11-12,16H,4-6,10,13H2,1-3H3,(H,23,25). The van der Waals surface area contributed by atoms with E-state index in [2.05, 4.69) is 27.1 Å². The second-order valence-corrected chi connectivity index (χ2v) is 6.71. The topological polar surface area (TPSA) is 58.1 Å². The number of piperidine rings is 1. The molecule has 132 valence electrons. The van der Waals surface area contributed by atoms with E-state index in [1.165, 1.54) is 12.8 Å². The van der Waals surface area contributed by atoms with Crippen molar-refractivity contribution in [1.82, 2.24) is 9.97 Å². The fourth-order valence-corrected chi connectivity index (χ4v) is 3.49. The van der Waals surface area contributed by atoms with E-state index >= 15 is 0 Å². The van der Waals surface area contributed by atoms with Gasteiger partial charge in [0.15, 0.2) is 0 Å². The zero-order chi connectivity index (χ0) is 17.8. The molecule has 2 aromatic rings. The number of anilines is 2. The Kier molecular flexibility index (Phi) is 5.31. The molecule has 1 amide bonds. The Morgan fingerprint density at radius 1 is 1.24 bits per heavy atom. The van der Waals surface area contributed by atoms with E-state index in [0.29, 0.717) is 17.7 Å². The number of nitrogens with one attached hydrogen (secondary N) is 1. The summed E-state index contributed by atoms with van der Waals surface area (Å²) >= 11 is 0. The first-order chi connectivity index (χ1) is 12.1. The molecule has 1 aromatic heterocycles. The van der Waals surface area contributed by atoms with Crippen molar-refractivity contribution in [3.63, 3.8) is 0 Å². The van der Waals surface area contributed by atoms with Crippen molar-refractivity contribution in [2.75, 3.05) is 16.8 Å². The van der Waals surface area contributed by atoms with Crippen molar-refractivity contribution in [1.29, 1.82) is 0 Å². The molecule has 1 saturated heterocycles. The fourth-order valence-electron chi connectivity index (χ4n) is 3.49. The number of amides is 1. The van der Waals surface area contributed by atoms with Gasteiger partial charge in [-0.1, -0.05) is 25.1 Å². The molecular weight excluding hydrogens is 312 g/mol. The van der Waals surface area contributed by atoms with Crippen molar-refractivity contribution < 1.29 is 4.79 Å². The third kappa shape index (κ3) is 3.81. The molecule has 1 unspecified atom stereocenters. The predicted octanol–water partition coefficient (Wildman–Crippen LogP) is 4.11. The van der Waals surface area contributed by atoms with Crippen LogP contribution in [0.3, 0.4) is 0 Å². The summed E-state index contributed by atoms with van der Waals surface area (Å²) < 4.78 is 0. The summed E-state index contributed by atoms with van der Waals surface area (Å²) in [5.41, 5.74) is 3.36. The number of hydrogen-bond acceptors (Lipinski definition) is 4. The molecule has 1 aliphatic heterocycles. The maximum Gasteiger partial charge on any atom is 0.274 e. The fraction of sp³-hybridized carbons (Fsp3) is 0.450. The zero-order valence-electron chi connectivity index (χ0n) is 15.2. The van der Waals surface area contributed by atoms with Crippen LogP contribution in [0.5, 0.6) is 0 Å². The quantitative estimate of drug-likeness (QED) is 0.911. The first kappa shape index (κ1) is 17.4. The molecule has 2 heterocycles. The van der Waals surface area contributed by atoms with Crippen LogP contribution in [-0.4, -0.2) is 28.5 Å². The molecule has 5 nitrogen and oxygen atoms in total. The van der Waals surface area contributed by atoms with E-state index in [-0.39, 0.29) is 5.91 Å². The SMILES string of the molecule is CCC1CCCCN1c1nccc(C(=O)Nc2c(C)cccc2C)n1. The molecule has 0 spiro atoms. The number of benzene rings is 1. The van der Waals surface area contributed by atoms with E-state index in [0.717, 1.165) is 36.2 Å². The van der Waals surface area contributed by atoms with E-state index in [1.807, 2.05) is 32.0 Å². The number of aromatic nitrogens is 2. The Bertz CT molecular complexity index is 739. The summed E-state index contributed by atoms with van der Waals surface area (Å²) in [6.45, 7) is 7.14. The molecule has 0 saturated carbocycles. The normalized spacial score (nSPS) is 17.4. The monoisotopic (exact) mass is 338 g/mol. The van der Waals surface area contributed by atoms with E-state index < -0.39 is 0 Å². The van der Waals surface area contributed by atoms with Gasteiger partial charge in [-0.25, -0.2) is 9.97 Å². The highest BCUT2D eigenvalue weighted by Gasteiger charge is 2.24. The molecule has 1 fully saturated rings. The number of aryl methyl sites for hydroxylation is 2. The largest absolute Gasteiger partial charge is 0.338 e. The van der Waals surface area contributed by atoms with Gasteiger partial charge < -0.3 is 10.2 Å². The maximum atomic E-state index is 12.7. The first-order valence-electron chi connectivity index (χ1n) is 9.07. The van der Waals surface area contributed by atoms with Crippen LogP contribution in [0.4, 0.5) is 11.6 Å². The molecule has 1 N–H and O–H groups in total. The Morgan fingerprint density at radius 2 is 2.00 bits per heavy atom. The number of nitrogens with zero attached hydrogens (tertiary/aromatic N) is 3.